The first-order valence-electron chi connectivity index (χ1n) is 8.36. The molecule has 0 aliphatic carbocycles. The molecule has 1 aromatic rings. The van der Waals surface area contributed by atoms with E-state index in [-0.39, 0.29) is 30.1 Å². The summed E-state index contributed by atoms with van der Waals surface area (Å²) in [7, 11) is 1.90. The quantitative estimate of drug-likeness (QED) is 0.820. The number of nitrogens with zero attached hydrogens (tertiary/aromatic N) is 2. The van der Waals surface area contributed by atoms with Crippen molar-refractivity contribution in [2.45, 2.75) is 26.3 Å². The first-order chi connectivity index (χ1) is 11.4. The molecule has 1 aromatic carbocycles. The first kappa shape index (κ1) is 19.4. The number of carbonyl (C=O) groups is 3. The normalized spacial score (nSPS) is 20.5. The Kier molecular flexibility index (Phi) is 5.85. The molecule has 0 radical (unpaired) electrons. The third-order valence-corrected chi connectivity index (χ3v) is 4.91. The first-order valence-corrected chi connectivity index (χ1v) is 8.36. The lowest BCUT2D eigenvalue weighted by molar-refractivity contribution is -0.133. The van der Waals surface area contributed by atoms with Crippen LogP contribution in [0.2, 0.25) is 0 Å². The van der Waals surface area contributed by atoms with Crippen LogP contribution in [0.4, 0.5) is 0 Å². The van der Waals surface area contributed by atoms with E-state index in [9.17, 15) is 14.4 Å². The summed E-state index contributed by atoms with van der Waals surface area (Å²) in [6, 6.07) is 4.42. The molecular formula is C18H24ClN3O3. The van der Waals surface area contributed by atoms with Gasteiger partial charge in [0.15, 0.2) is 0 Å². The highest BCUT2D eigenvalue weighted by atomic mass is 35.5. The van der Waals surface area contributed by atoms with Gasteiger partial charge < -0.3 is 10.2 Å². The molecule has 2 aliphatic rings. The van der Waals surface area contributed by atoms with Crippen molar-refractivity contribution in [3.8, 4) is 0 Å². The van der Waals surface area contributed by atoms with Crippen molar-refractivity contribution >= 4 is 30.1 Å². The van der Waals surface area contributed by atoms with E-state index in [2.05, 4.69) is 5.32 Å². The molecule has 3 amide bonds. The lowest BCUT2D eigenvalue weighted by Crippen LogP contribution is -2.49. The Morgan fingerprint density at radius 2 is 1.96 bits per heavy atom. The summed E-state index contributed by atoms with van der Waals surface area (Å²) in [5.74, 6) is -0.469. The number of imide groups is 1. The van der Waals surface area contributed by atoms with E-state index in [1.807, 2.05) is 20.0 Å². The number of hydrogen-bond acceptors (Lipinski definition) is 4. The molecule has 0 saturated carbocycles. The van der Waals surface area contributed by atoms with Gasteiger partial charge in [0, 0.05) is 13.1 Å². The number of rotatable bonds is 4. The highest BCUT2D eigenvalue weighted by Crippen LogP contribution is 2.27. The second-order valence-corrected chi connectivity index (χ2v) is 6.70. The highest BCUT2D eigenvalue weighted by molar-refractivity contribution is 6.22. The predicted molar refractivity (Wildman–Crippen MR) is 97.0 cm³/mol. The summed E-state index contributed by atoms with van der Waals surface area (Å²) < 4.78 is 0. The Bertz CT molecular complexity index is 707. The molecule has 1 N–H and O–H groups in total. The molecule has 2 unspecified atom stereocenters. The van der Waals surface area contributed by atoms with Crippen molar-refractivity contribution in [2.75, 3.05) is 26.7 Å². The van der Waals surface area contributed by atoms with E-state index in [1.54, 1.807) is 24.0 Å². The van der Waals surface area contributed by atoms with Crippen LogP contribution in [0.15, 0.2) is 18.2 Å². The number of hydrogen-bond donors (Lipinski definition) is 1. The average molecular weight is 366 g/mol. The van der Waals surface area contributed by atoms with Gasteiger partial charge in [-0.15, -0.1) is 12.4 Å². The number of halogens is 1. The number of aryl methyl sites for hydroxylation is 1. The maximum Gasteiger partial charge on any atom is 0.262 e. The van der Waals surface area contributed by atoms with Gasteiger partial charge in [-0.05, 0) is 51.9 Å². The monoisotopic (exact) mass is 365 g/mol. The average Bonchev–Trinajstić information content (AvgIpc) is 3.11. The Morgan fingerprint density at radius 1 is 1.28 bits per heavy atom. The Hall–Kier alpha value is -1.92. The van der Waals surface area contributed by atoms with E-state index in [1.165, 1.54) is 0 Å². The van der Waals surface area contributed by atoms with Crippen LogP contribution in [-0.2, 0) is 4.79 Å². The maximum absolute atomic E-state index is 12.8. The molecule has 2 aliphatic heterocycles. The Labute approximate surface area is 154 Å². The van der Waals surface area contributed by atoms with Crippen LogP contribution in [0.25, 0.3) is 0 Å². The molecule has 0 aromatic heterocycles. The zero-order valence-corrected chi connectivity index (χ0v) is 15.6. The van der Waals surface area contributed by atoms with Crippen LogP contribution in [-0.4, -0.2) is 60.2 Å². The third-order valence-electron chi connectivity index (χ3n) is 4.91. The molecule has 1 saturated heterocycles. The number of amides is 3. The van der Waals surface area contributed by atoms with Gasteiger partial charge in [-0.3, -0.25) is 19.3 Å². The minimum atomic E-state index is -0.772. The summed E-state index contributed by atoms with van der Waals surface area (Å²) in [6.07, 6.45) is 0.945. The highest BCUT2D eigenvalue weighted by Gasteiger charge is 2.42. The zero-order valence-electron chi connectivity index (χ0n) is 14.7. The molecule has 1 fully saturated rings. The van der Waals surface area contributed by atoms with Gasteiger partial charge >= 0.3 is 0 Å². The number of carbonyl (C=O) groups excluding carboxylic acids is 3. The van der Waals surface area contributed by atoms with Crippen LogP contribution in [0.3, 0.4) is 0 Å². The van der Waals surface area contributed by atoms with Crippen molar-refractivity contribution in [2.24, 2.45) is 5.92 Å². The minimum absolute atomic E-state index is 0. The van der Waals surface area contributed by atoms with Gasteiger partial charge in [-0.1, -0.05) is 11.6 Å². The van der Waals surface area contributed by atoms with Crippen LogP contribution in [0, 0.1) is 12.8 Å². The lowest BCUT2D eigenvalue weighted by atomic mass is 10.1. The van der Waals surface area contributed by atoms with E-state index in [4.69, 9.17) is 0 Å². The Balaban J connectivity index is 0.00000225. The number of nitrogens with one attached hydrogen (secondary N) is 1. The molecule has 0 spiro atoms. The van der Waals surface area contributed by atoms with Gasteiger partial charge in [0.25, 0.3) is 11.8 Å². The SMILES string of the molecule is CNCC1CCN(C(=O)C(C)N2C(=O)c3ccc(C)cc3C2=O)C1.Cl. The molecule has 0 bridgehead atoms. The molecule has 3 rings (SSSR count). The van der Waals surface area contributed by atoms with Crippen molar-refractivity contribution in [1.82, 2.24) is 15.1 Å². The van der Waals surface area contributed by atoms with Crippen LogP contribution in [0.1, 0.15) is 39.6 Å². The zero-order chi connectivity index (χ0) is 17.4. The van der Waals surface area contributed by atoms with Crippen molar-refractivity contribution in [1.29, 1.82) is 0 Å². The molecule has 7 heteroatoms. The van der Waals surface area contributed by atoms with Gasteiger partial charge in [0.2, 0.25) is 5.91 Å². The minimum Gasteiger partial charge on any atom is -0.341 e. The largest absolute Gasteiger partial charge is 0.341 e. The summed E-state index contributed by atoms with van der Waals surface area (Å²) in [5, 5.41) is 3.13. The molecule has 136 valence electrons. The summed E-state index contributed by atoms with van der Waals surface area (Å²) in [6.45, 7) is 5.73. The second-order valence-electron chi connectivity index (χ2n) is 6.70. The van der Waals surface area contributed by atoms with E-state index in [0.29, 0.717) is 30.1 Å². The summed E-state index contributed by atoms with van der Waals surface area (Å²) >= 11 is 0. The van der Waals surface area contributed by atoms with Crippen molar-refractivity contribution in [3.05, 3.63) is 34.9 Å². The van der Waals surface area contributed by atoms with Gasteiger partial charge in [-0.25, -0.2) is 0 Å². The van der Waals surface area contributed by atoms with E-state index < -0.39 is 6.04 Å². The fourth-order valence-electron chi connectivity index (χ4n) is 3.59. The molecular weight excluding hydrogens is 342 g/mol. The standard InChI is InChI=1S/C18H23N3O3.ClH/c1-11-4-5-14-15(8-11)18(24)21(17(14)23)12(2)16(22)20-7-6-13(10-20)9-19-3;/h4-5,8,12-13,19H,6-7,9-10H2,1-3H3;1H. The van der Waals surface area contributed by atoms with Gasteiger partial charge in [-0.2, -0.15) is 0 Å². The number of likely N-dealkylation sites (tertiary alicyclic amines) is 1. The van der Waals surface area contributed by atoms with Gasteiger partial charge in [0.05, 0.1) is 11.1 Å². The smallest absolute Gasteiger partial charge is 0.262 e. The van der Waals surface area contributed by atoms with Crippen molar-refractivity contribution < 1.29 is 14.4 Å². The lowest BCUT2D eigenvalue weighted by Gasteiger charge is -2.26. The fourth-order valence-corrected chi connectivity index (χ4v) is 3.59. The number of fused-ring (bicyclic) bond motifs is 1. The van der Waals surface area contributed by atoms with Crippen molar-refractivity contribution in [3.63, 3.8) is 0 Å². The van der Waals surface area contributed by atoms with E-state index in [0.717, 1.165) is 23.4 Å². The van der Waals surface area contributed by atoms with E-state index >= 15 is 0 Å². The topological polar surface area (TPSA) is 69.7 Å². The summed E-state index contributed by atoms with van der Waals surface area (Å²) in [4.78, 5) is 40.8. The molecule has 2 heterocycles. The molecule has 6 nitrogen and oxygen atoms in total. The van der Waals surface area contributed by atoms with Gasteiger partial charge in [0.1, 0.15) is 6.04 Å². The second kappa shape index (κ2) is 7.54. The maximum atomic E-state index is 12.8. The Morgan fingerprint density at radius 3 is 2.64 bits per heavy atom. The van der Waals surface area contributed by atoms with Crippen LogP contribution in [0.5, 0.6) is 0 Å². The number of benzene rings is 1. The molecule has 25 heavy (non-hydrogen) atoms. The summed E-state index contributed by atoms with van der Waals surface area (Å²) in [5.41, 5.74) is 1.71. The fraction of sp³-hybridized carbons (Fsp3) is 0.500. The molecule has 2 atom stereocenters. The third kappa shape index (κ3) is 3.41. The van der Waals surface area contributed by atoms with Crippen LogP contribution < -0.4 is 5.32 Å². The van der Waals surface area contributed by atoms with Crippen LogP contribution >= 0.6 is 12.4 Å². The predicted octanol–water partition coefficient (Wildman–Crippen LogP) is 1.47.